The van der Waals surface area contributed by atoms with Crippen LogP contribution in [0.25, 0.3) is 0 Å². The van der Waals surface area contributed by atoms with Gasteiger partial charge in [0.05, 0.1) is 15.6 Å². The van der Waals surface area contributed by atoms with E-state index in [2.05, 4.69) is 31.9 Å². The van der Waals surface area contributed by atoms with Gasteiger partial charge in [-0.15, -0.1) is 0 Å². The van der Waals surface area contributed by atoms with Gasteiger partial charge in [-0.25, -0.2) is 4.39 Å². The Morgan fingerprint density at radius 2 is 1.68 bits per heavy atom. The minimum atomic E-state index is -0.294. The number of hydrogen-bond acceptors (Lipinski definition) is 2. The van der Waals surface area contributed by atoms with E-state index >= 15 is 0 Å². The molecule has 0 fully saturated rings. The largest absolute Gasteiger partial charge is 0.488 e. The van der Waals surface area contributed by atoms with E-state index in [0.29, 0.717) is 16.8 Å². The first-order valence-corrected chi connectivity index (χ1v) is 7.15. The van der Waals surface area contributed by atoms with Crippen LogP contribution in [0, 0.1) is 5.82 Å². The molecule has 0 amide bonds. The molecule has 100 valence electrons. The van der Waals surface area contributed by atoms with Gasteiger partial charge in [0.15, 0.2) is 0 Å². The summed E-state index contributed by atoms with van der Waals surface area (Å²) in [5.41, 5.74) is 1.68. The van der Waals surface area contributed by atoms with Gasteiger partial charge in [-0.05, 0) is 67.3 Å². The lowest BCUT2D eigenvalue weighted by molar-refractivity contribution is 0.280. The zero-order chi connectivity index (χ0) is 13.8. The van der Waals surface area contributed by atoms with Gasteiger partial charge < -0.3 is 9.84 Å². The third-order valence-electron chi connectivity index (χ3n) is 2.56. The average molecular weight is 390 g/mol. The van der Waals surface area contributed by atoms with E-state index in [1.807, 2.05) is 0 Å². The van der Waals surface area contributed by atoms with E-state index < -0.39 is 0 Å². The van der Waals surface area contributed by atoms with Crippen LogP contribution in [-0.4, -0.2) is 5.11 Å². The minimum Gasteiger partial charge on any atom is -0.488 e. The molecule has 19 heavy (non-hydrogen) atoms. The molecule has 0 aromatic heterocycles. The first-order chi connectivity index (χ1) is 9.10. The predicted octanol–water partition coefficient (Wildman–Crippen LogP) is 4.42. The second kappa shape index (κ2) is 6.50. The van der Waals surface area contributed by atoms with E-state index in [0.717, 1.165) is 15.6 Å². The second-order valence-corrected chi connectivity index (χ2v) is 5.67. The molecule has 2 rings (SSSR count). The lowest BCUT2D eigenvalue weighted by atomic mass is 10.2. The highest BCUT2D eigenvalue weighted by atomic mass is 79.9. The third-order valence-corrected chi connectivity index (χ3v) is 3.78. The monoisotopic (exact) mass is 388 g/mol. The molecule has 0 atom stereocenters. The predicted molar refractivity (Wildman–Crippen MR) is 78.5 cm³/mol. The fourth-order valence-electron chi connectivity index (χ4n) is 1.55. The van der Waals surface area contributed by atoms with Crippen LogP contribution in [0.5, 0.6) is 5.75 Å². The molecule has 0 saturated heterocycles. The number of benzene rings is 2. The summed E-state index contributed by atoms with van der Waals surface area (Å²) >= 11 is 6.52. The van der Waals surface area contributed by atoms with Crippen molar-refractivity contribution in [2.75, 3.05) is 0 Å². The van der Waals surface area contributed by atoms with Gasteiger partial charge in [0, 0.05) is 0 Å². The smallest absolute Gasteiger partial charge is 0.137 e. The first kappa shape index (κ1) is 14.5. The molecule has 2 aromatic rings. The van der Waals surface area contributed by atoms with Crippen LogP contribution < -0.4 is 4.74 Å². The van der Waals surface area contributed by atoms with E-state index in [1.165, 1.54) is 6.07 Å². The molecule has 0 bridgehead atoms. The van der Waals surface area contributed by atoms with Gasteiger partial charge in [0.25, 0.3) is 0 Å². The highest BCUT2D eigenvalue weighted by molar-refractivity contribution is 9.10. The lowest BCUT2D eigenvalue weighted by Gasteiger charge is -2.09. The molecule has 5 heteroatoms. The summed E-state index contributed by atoms with van der Waals surface area (Å²) in [6.45, 7) is 0.333. The Kier molecular flexibility index (Phi) is 4.96. The van der Waals surface area contributed by atoms with Crippen LogP contribution in [0.3, 0.4) is 0 Å². The maximum atomic E-state index is 13.1. The van der Waals surface area contributed by atoms with Gasteiger partial charge >= 0.3 is 0 Å². The molecular weight excluding hydrogens is 379 g/mol. The molecule has 0 aliphatic rings. The molecular formula is C14H11Br2FO2. The Balaban J connectivity index is 2.07. The molecule has 1 N–H and O–H groups in total. The summed E-state index contributed by atoms with van der Waals surface area (Å²) in [5.74, 6) is 0.384. The van der Waals surface area contributed by atoms with E-state index in [1.54, 1.807) is 30.3 Å². The Hall–Kier alpha value is -0.910. The number of halogens is 3. The topological polar surface area (TPSA) is 29.5 Å². The van der Waals surface area contributed by atoms with Crippen molar-refractivity contribution in [3.05, 3.63) is 62.3 Å². The first-order valence-electron chi connectivity index (χ1n) is 5.56. The van der Waals surface area contributed by atoms with Crippen molar-refractivity contribution in [3.8, 4) is 5.75 Å². The number of aliphatic hydroxyl groups is 1. The summed E-state index contributed by atoms with van der Waals surface area (Å²) in [6, 6.07) is 10.1. The van der Waals surface area contributed by atoms with Crippen LogP contribution in [0.4, 0.5) is 4.39 Å². The molecule has 0 unspecified atom stereocenters. The normalized spacial score (nSPS) is 10.5. The number of ether oxygens (including phenoxy) is 1. The molecule has 0 aliphatic carbocycles. The van der Waals surface area contributed by atoms with Crippen LogP contribution in [0.1, 0.15) is 11.1 Å². The molecule has 2 nitrogen and oxygen atoms in total. The summed E-state index contributed by atoms with van der Waals surface area (Å²) < 4.78 is 19.9. The Bertz CT molecular complexity index is 588. The van der Waals surface area contributed by atoms with Crippen molar-refractivity contribution in [2.24, 2.45) is 0 Å². The highest BCUT2D eigenvalue weighted by Crippen LogP contribution is 2.27. The quantitative estimate of drug-likeness (QED) is 0.838. The zero-order valence-corrected chi connectivity index (χ0v) is 13.0. The summed E-state index contributed by atoms with van der Waals surface area (Å²) in [5, 5.41) is 9.01. The summed E-state index contributed by atoms with van der Waals surface area (Å²) in [6.07, 6.45) is 0. The van der Waals surface area contributed by atoms with Gasteiger partial charge in [-0.2, -0.15) is 0 Å². The van der Waals surface area contributed by atoms with Crippen LogP contribution in [0.15, 0.2) is 45.3 Å². The standard InChI is InChI=1S/C14H11Br2FO2/c15-11-6-10(1-3-13(11)17)8-19-14-4-2-9(7-18)5-12(14)16/h1-6,18H,7-8H2. The SMILES string of the molecule is OCc1ccc(OCc2ccc(F)c(Br)c2)c(Br)c1. The molecule has 0 radical (unpaired) electrons. The molecule has 2 aromatic carbocycles. The fourth-order valence-corrected chi connectivity index (χ4v) is 2.52. The zero-order valence-electron chi connectivity index (χ0n) is 9.87. The van der Waals surface area contributed by atoms with Crippen LogP contribution in [0.2, 0.25) is 0 Å². The summed E-state index contributed by atoms with van der Waals surface area (Å²) in [7, 11) is 0. The van der Waals surface area contributed by atoms with Gasteiger partial charge in [-0.1, -0.05) is 12.1 Å². The maximum absolute atomic E-state index is 13.1. The molecule has 0 heterocycles. The van der Waals surface area contributed by atoms with Crippen LogP contribution >= 0.6 is 31.9 Å². The number of aliphatic hydroxyl groups excluding tert-OH is 1. The number of hydrogen-bond donors (Lipinski definition) is 1. The van der Waals surface area contributed by atoms with Crippen molar-refractivity contribution in [3.63, 3.8) is 0 Å². The average Bonchev–Trinajstić information content (AvgIpc) is 2.41. The van der Waals surface area contributed by atoms with Gasteiger partial charge in [0.1, 0.15) is 18.2 Å². The van der Waals surface area contributed by atoms with Crippen molar-refractivity contribution in [1.82, 2.24) is 0 Å². The second-order valence-electron chi connectivity index (χ2n) is 3.96. The fraction of sp³-hybridized carbons (Fsp3) is 0.143. The Morgan fingerprint density at radius 3 is 2.32 bits per heavy atom. The Morgan fingerprint density at radius 1 is 1.00 bits per heavy atom. The molecule has 0 saturated carbocycles. The van der Waals surface area contributed by atoms with Crippen LogP contribution in [-0.2, 0) is 13.2 Å². The van der Waals surface area contributed by atoms with E-state index in [4.69, 9.17) is 9.84 Å². The molecule has 0 aliphatic heterocycles. The number of rotatable bonds is 4. The van der Waals surface area contributed by atoms with Crippen molar-refractivity contribution >= 4 is 31.9 Å². The van der Waals surface area contributed by atoms with Gasteiger partial charge in [0.2, 0.25) is 0 Å². The summed E-state index contributed by atoms with van der Waals surface area (Å²) in [4.78, 5) is 0. The third kappa shape index (κ3) is 3.78. The minimum absolute atomic E-state index is 0.0101. The molecule has 0 spiro atoms. The van der Waals surface area contributed by atoms with Crippen molar-refractivity contribution in [1.29, 1.82) is 0 Å². The van der Waals surface area contributed by atoms with E-state index in [-0.39, 0.29) is 12.4 Å². The Labute approximate surface area is 127 Å². The highest BCUT2D eigenvalue weighted by Gasteiger charge is 2.05. The maximum Gasteiger partial charge on any atom is 0.137 e. The van der Waals surface area contributed by atoms with Crippen molar-refractivity contribution < 1.29 is 14.2 Å². The van der Waals surface area contributed by atoms with Gasteiger partial charge in [-0.3, -0.25) is 0 Å². The van der Waals surface area contributed by atoms with Crippen molar-refractivity contribution in [2.45, 2.75) is 13.2 Å². The lowest BCUT2D eigenvalue weighted by Crippen LogP contribution is -1.97. The van der Waals surface area contributed by atoms with E-state index in [9.17, 15) is 4.39 Å².